The molecule has 33 heavy (non-hydrogen) atoms. The predicted molar refractivity (Wildman–Crippen MR) is 107 cm³/mol. The Hall–Kier alpha value is -3.98. The van der Waals surface area contributed by atoms with Crippen LogP contribution in [-0.4, -0.2) is 47.9 Å². The first kappa shape index (κ1) is 23.7. The maximum atomic E-state index is 11.9. The zero-order chi connectivity index (χ0) is 24.2. The molecule has 3 rings (SSSR count). The minimum absolute atomic E-state index is 0.0410. The molecule has 14 nitrogen and oxygen atoms in total. The highest BCUT2D eigenvalue weighted by molar-refractivity contribution is 7.85. The van der Waals surface area contributed by atoms with Crippen molar-refractivity contribution in [2.24, 2.45) is 0 Å². The molecule has 3 N–H and O–H groups in total. The Morgan fingerprint density at radius 2 is 1.76 bits per heavy atom. The van der Waals surface area contributed by atoms with E-state index in [0.717, 1.165) is 6.07 Å². The SMILES string of the molecule is O=C(NCS(=O)(=O)O)OCc1cc(=O)oc2ccc(CNC(=O)ON3C(=O)CCC3=O)cc12. The van der Waals surface area contributed by atoms with Crippen molar-refractivity contribution in [1.29, 1.82) is 0 Å². The van der Waals surface area contributed by atoms with Crippen molar-refractivity contribution in [3.8, 4) is 0 Å². The van der Waals surface area contributed by atoms with Crippen LogP contribution in [0.5, 0.6) is 0 Å². The molecule has 0 aliphatic carbocycles. The van der Waals surface area contributed by atoms with E-state index in [-0.39, 0.29) is 30.5 Å². The first-order valence-corrected chi connectivity index (χ1v) is 10.9. The van der Waals surface area contributed by atoms with Crippen LogP contribution >= 0.6 is 0 Å². The average Bonchev–Trinajstić information content (AvgIpc) is 3.06. The molecular weight excluding hydrogens is 466 g/mol. The van der Waals surface area contributed by atoms with Gasteiger partial charge in [-0.05, 0) is 17.7 Å². The van der Waals surface area contributed by atoms with Crippen molar-refractivity contribution >= 4 is 45.1 Å². The van der Waals surface area contributed by atoms with Crippen LogP contribution in [0.25, 0.3) is 11.0 Å². The lowest BCUT2D eigenvalue weighted by Crippen LogP contribution is -2.36. The zero-order valence-corrected chi connectivity index (χ0v) is 17.5. The molecule has 0 radical (unpaired) electrons. The number of benzene rings is 1. The third-order valence-electron chi connectivity index (χ3n) is 4.27. The van der Waals surface area contributed by atoms with Crippen molar-refractivity contribution in [2.75, 3.05) is 5.88 Å². The summed E-state index contributed by atoms with van der Waals surface area (Å²) in [5.74, 6) is -2.30. The van der Waals surface area contributed by atoms with Crippen LogP contribution in [0.2, 0.25) is 0 Å². The molecule has 2 heterocycles. The van der Waals surface area contributed by atoms with E-state index in [1.54, 1.807) is 0 Å². The number of nitrogens with zero attached hydrogens (tertiary/aromatic N) is 1. The number of hydrogen-bond donors (Lipinski definition) is 3. The maximum absolute atomic E-state index is 11.9. The molecule has 15 heteroatoms. The van der Waals surface area contributed by atoms with Gasteiger partial charge < -0.3 is 24.6 Å². The van der Waals surface area contributed by atoms with Gasteiger partial charge in [0.15, 0.2) is 0 Å². The van der Waals surface area contributed by atoms with Crippen molar-refractivity contribution in [3.63, 3.8) is 0 Å². The Bertz CT molecular complexity index is 1270. The van der Waals surface area contributed by atoms with E-state index in [0.29, 0.717) is 16.0 Å². The first-order valence-electron chi connectivity index (χ1n) is 9.25. The number of carbonyl (C=O) groups is 4. The van der Waals surface area contributed by atoms with Gasteiger partial charge in [0.25, 0.3) is 21.9 Å². The molecule has 0 saturated carbocycles. The highest BCUT2D eigenvalue weighted by Crippen LogP contribution is 2.20. The van der Waals surface area contributed by atoms with Gasteiger partial charge in [-0.1, -0.05) is 6.07 Å². The molecule has 1 saturated heterocycles. The second-order valence-corrected chi connectivity index (χ2v) is 8.17. The number of imide groups is 1. The number of carbonyl (C=O) groups excluding carboxylic acids is 4. The van der Waals surface area contributed by atoms with Gasteiger partial charge in [0.1, 0.15) is 18.1 Å². The molecule has 0 unspecified atom stereocenters. The van der Waals surface area contributed by atoms with E-state index in [1.165, 1.54) is 18.2 Å². The standard InChI is InChI=1S/C18H17N3O11S/c22-14-3-4-15(23)21(14)32-18(26)19-7-10-1-2-13-12(5-10)11(6-16(24)31-13)8-30-17(25)20-9-33(27,28)29/h1-2,5-6H,3-4,7-9H2,(H,19,26)(H,20,25)(H,27,28,29). The van der Waals surface area contributed by atoms with Gasteiger partial charge in [-0.3, -0.25) is 14.1 Å². The molecule has 0 spiro atoms. The van der Waals surface area contributed by atoms with Crippen molar-refractivity contribution < 1.29 is 46.1 Å². The Morgan fingerprint density at radius 3 is 2.42 bits per heavy atom. The Kier molecular flexibility index (Phi) is 6.93. The van der Waals surface area contributed by atoms with Gasteiger partial charge in [-0.25, -0.2) is 14.4 Å². The fourth-order valence-corrected chi connectivity index (χ4v) is 3.10. The van der Waals surface area contributed by atoms with Crippen LogP contribution in [0.1, 0.15) is 24.0 Å². The maximum Gasteiger partial charge on any atom is 0.432 e. The number of nitrogens with one attached hydrogen (secondary N) is 2. The molecule has 1 aromatic heterocycles. The van der Waals surface area contributed by atoms with E-state index in [4.69, 9.17) is 18.5 Å². The van der Waals surface area contributed by atoms with Gasteiger partial charge in [-0.2, -0.15) is 8.42 Å². The molecule has 1 aliphatic heterocycles. The number of hydrogen-bond acceptors (Lipinski definition) is 10. The van der Waals surface area contributed by atoms with Gasteiger partial charge in [0.05, 0.1) is 0 Å². The smallest absolute Gasteiger partial charge is 0.432 e. The first-order chi connectivity index (χ1) is 15.5. The monoisotopic (exact) mass is 483 g/mol. The summed E-state index contributed by atoms with van der Waals surface area (Å²) in [6.45, 7) is -0.517. The Labute approximate surface area is 185 Å². The van der Waals surface area contributed by atoms with Crippen molar-refractivity contribution in [1.82, 2.24) is 15.7 Å². The van der Waals surface area contributed by atoms with Crippen molar-refractivity contribution in [3.05, 3.63) is 45.8 Å². The van der Waals surface area contributed by atoms with Gasteiger partial charge >= 0.3 is 17.8 Å². The molecule has 176 valence electrons. The quantitative estimate of drug-likeness (QED) is 0.275. The van der Waals surface area contributed by atoms with Gasteiger partial charge in [0, 0.05) is 36.4 Å². The second kappa shape index (κ2) is 9.66. The lowest BCUT2D eigenvalue weighted by molar-refractivity contribution is -0.171. The van der Waals surface area contributed by atoms with Gasteiger partial charge in [0.2, 0.25) is 0 Å². The summed E-state index contributed by atoms with van der Waals surface area (Å²) in [6.07, 6.45) is -2.26. The fraction of sp³-hybridized carbons (Fsp3) is 0.278. The van der Waals surface area contributed by atoms with E-state index in [9.17, 15) is 32.4 Å². The molecule has 0 atom stereocenters. The third kappa shape index (κ3) is 6.50. The molecule has 4 amide bonds. The highest BCUT2D eigenvalue weighted by Gasteiger charge is 2.32. The zero-order valence-electron chi connectivity index (χ0n) is 16.7. The Balaban J connectivity index is 1.67. The highest BCUT2D eigenvalue weighted by atomic mass is 32.2. The Morgan fingerprint density at radius 1 is 1.06 bits per heavy atom. The molecule has 1 aromatic carbocycles. The summed E-state index contributed by atoms with van der Waals surface area (Å²) in [5.41, 5.74) is 0.151. The molecule has 0 bridgehead atoms. The largest absolute Gasteiger partial charge is 0.445 e. The summed E-state index contributed by atoms with van der Waals surface area (Å²) >= 11 is 0. The number of amides is 4. The summed E-state index contributed by atoms with van der Waals surface area (Å²) < 4.78 is 39.9. The summed E-state index contributed by atoms with van der Waals surface area (Å²) in [7, 11) is -4.44. The molecule has 2 aromatic rings. The fourth-order valence-electron chi connectivity index (χ4n) is 2.80. The number of rotatable bonds is 7. The summed E-state index contributed by atoms with van der Waals surface area (Å²) in [5, 5.41) is 4.94. The number of ether oxygens (including phenoxy) is 1. The van der Waals surface area contributed by atoms with Crippen LogP contribution in [0.4, 0.5) is 9.59 Å². The summed E-state index contributed by atoms with van der Waals surface area (Å²) in [6, 6.07) is 5.56. The minimum atomic E-state index is -4.44. The number of fused-ring (bicyclic) bond motifs is 1. The summed E-state index contributed by atoms with van der Waals surface area (Å²) in [4.78, 5) is 62.9. The van der Waals surface area contributed by atoms with Crippen LogP contribution in [0, 0.1) is 0 Å². The lowest BCUT2D eigenvalue weighted by atomic mass is 10.1. The van der Waals surface area contributed by atoms with Gasteiger partial charge in [-0.15, -0.1) is 5.06 Å². The third-order valence-corrected chi connectivity index (χ3v) is 4.78. The van der Waals surface area contributed by atoms with E-state index in [2.05, 4.69) is 5.32 Å². The van der Waals surface area contributed by atoms with Crippen molar-refractivity contribution in [2.45, 2.75) is 26.0 Å². The van der Waals surface area contributed by atoms with Crippen LogP contribution in [-0.2, 0) is 42.4 Å². The van der Waals surface area contributed by atoms with E-state index in [1.807, 2.05) is 5.32 Å². The minimum Gasteiger partial charge on any atom is -0.445 e. The number of alkyl carbamates (subject to hydrolysis) is 1. The average molecular weight is 483 g/mol. The molecule has 1 fully saturated rings. The topological polar surface area (TPSA) is 199 Å². The predicted octanol–water partition coefficient (Wildman–Crippen LogP) is 0.155. The lowest BCUT2D eigenvalue weighted by Gasteiger charge is -2.13. The normalized spacial score (nSPS) is 13.8. The van der Waals surface area contributed by atoms with Crippen LogP contribution in [0.15, 0.2) is 33.5 Å². The number of hydroxylamine groups is 2. The molecule has 1 aliphatic rings. The second-order valence-electron chi connectivity index (χ2n) is 6.71. The van der Waals surface area contributed by atoms with Crippen LogP contribution < -0.4 is 16.3 Å². The van der Waals surface area contributed by atoms with E-state index >= 15 is 0 Å². The van der Waals surface area contributed by atoms with Crippen LogP contribution in [0.3, 0.4) is 0 Å². The molecular formula is C18H17N3O11S. The van der Waals surface area contributed by atoms with E-state index < -0.39 is 52.2 Å².